The molecule has 1 saturated heterocycles. The van der Waals surface area contributed by atoms with E-state index in [1.807, 2.05) is 54.4 Å². The predicted octanol–water partition coefficient (Wildman–Crippen LogP) is 2.26. The van der Waals surface area contributed by atoms with Crippen LogP contribution >= 0.6 is 0 Å². The number of hydrogen-bond acceptors (Lipinski definition) is 5. The number of fused-ring (bicyclic) bond motifs is 1. The summed E-state index contributed by atoms with van der Waals surface area (Å²) in [7, 11) is 3.80. The summed E-state index contributed by atoms with van der Waals surface area (Å²) < 4.78 is 6.10. The first-order chi connectivity index (χ1) is 13.1. The summed E-state index contributed by atoms with van der Waals surface area (Å²) in [5.41, 5.74) is 1.09. The van der Waals surface area contributed by atoms with Crippen molar-refractivity contribution in [2.45, 2.75) is 6.42 Å². The topological polar surface area (TPSA) is 69.5 Å². The van der Waals surface area contributed by atoms with E-state index in [0.29, 0.717) is 25.5 Å². The SMILES string of the molecule is CN(C)CC(=O)N1CC(COc2cc(C/C=C/C#N)cc3ccncc23)C1. The van der Waals surface area contributed by atoms with Crippen molar-refractivity contribution >= 4 is 16.7 Å². The van der Waals surface area contributed by atoms with Crippen LogP contribution < -0.4 is 4.74 Å². The van der Waals surface area contributed by atoms with Gasteiger partial charge >= 0.3 is 0 Å². The Kier molecular flexibility index (Phi) is 6.05. The number of hydrogen-bond donors (Lipinski definition) is 0. The second kappa shape index (κ2) is 8.65. The van der Waals surface area contributed by atoms with Crippen molar-refractivity contribution in [1.82, 2.24) is 14.8 Å². The Morgan fingerprint density at radius 2 is 2.26 bits per heavy atom. The number of carbonyl (C=O) groups excluding carboxylic acids is 1. The molecule has 3 rings (SSSR count). The fourth-order valence-corrected chi connectivity index (χ4v) is 3.17. The molecule has 0 aliphatic carbocycles. The van der Waals surface area contributed by atoms with Crippen LogP contribution in [-0.2, 0) is 11.2 Å². The fourth-order valence-electron chi connectivity index (χ4n) is 3.17. The molecule has 0 atom stereocenters. The zero-order valence-electron chi connectivity index (χ0n) is 15.8. The summed E-state index contributed by atoms with van der Waals surface area (Å²) in [6.07, 6.45) is 7.59. The number of nitrogens with zero attached hydrogens (tertiary/aromatic N) is 4. The van der Waals surface area contributed by atoms with Crippen LogP contribution in [0.3, 0.4) is 0 Å². The van der Waals surface area contributed by atoms with E-state index in [0.717, 1.165) is 35.2 Å². The number of nitriles is 1. The lowest BCUT2D eigenvalue weighted by Gasteiger charge is -2.39. The van der Waals surface area contributed by atoms with Gasteiger partial charge in [0.2, 0.25) is 5.91 Å². The Morgan fingerprint density at radius 3 is 3.00 bits per heavy atom. The predicted molar refractivity (Wildman–Crippen MR) is 104 cm³/mol. The maximum atomic E-state index is 12.0. The van der Waals surface area contributed by atoms with Crippen molar-refractivity contribution in [3.05, 3.63) is 48.3 Å². The van der Waals surface area contributed by atoms with Crippen LogP contribution in [0.5, 0.6) is 5.75 Å². The van der Waals surface area contributed by atoms with E-state index in [2.05, 4.69) is 11.1 Å². The van der Waals surface area contributed by atoms with E-state index < -0.39 is 0 Å². The second-order valence-electron chi connectivity index (χ2n) is 7.14. The van der Waals surface area contributed by atoms with E-state index >= 15 is 0 Å². The molecule has 0 N–H and O–H groups in total. The van der Waals surface area contributed by atoms with Gasteiger partial charge in [-0.1, -0.05) is 12.1 Å². The third kappa shape index (κ3) is 4.83. The lowest BCUT2D eigenvalue weighted by Crippen LogP contribution is -2.54. The number of likely N-dealkylation sites (tertiary alicyclic amines) is 1. The standard InChI is InChI=1S/C21H24N4O2/c1-24(2)14-21(26)25-12-17(13-25)15-27-20-10-16(5-3-4-7-22)9-18-6-8-23-11-19(18)20/h3-4,6,8-11,17H,5,12-15H2,1-2H3/b4-3+. The van der Waals surface area contributed by atoms with E-state index in [1.165, 1.54) is 6.08 Å². The fraction of sp³-hybridized carbons (Fsp3) is 0.381. The summed E-state index contributed by atoms with van der Waals surface area (Å²) in [5, 5.41) is 10.7. The molecule has 1 amide bonds. The van der Waals surface area contributed by atoms with Crippen LogP contribution in [0.2, 0.25) is 0 Å². The molecule has 1 aromatic heterocycles. The molecule has 2 aromatic rings. The molecule has 6 heteroatoms. The first-order valence-corrected chi connectivity index (χ1v) is 9.03. The monoisotopic (exact) mass is 364 g/mol. The molecule has 0 bridgehead atoms. The van der Waals surface area contributed by atoms with E-state index in [-0.39, 0.29) is 5.91 Å². The van der Waals surface area contributed by atoms with Crippen LogP contribution in [0.25, 0.3) is 10.8 Å². The molecular formula is C21H24N4O2. The number of likely N-dealkylation sites (N-methyl/N-ethyl adjacent to an activating group) is 1. The normalized spacial score (nSPS) is 14.5. The van der Waals surface area contributed by atoms with Gasteiger partial charge in [0.05, 0.1) is 19.2 Å². The number of aromatic nitrogens is 1. The molecule has 1 fully saturated rings. The Balaban J connectivity index is 1.64. The van der Waals surface area contributed by atoms with Gasteiger partial charge in [0, 0.05) is 42.9 Å². The lowest BCUT2D eigenvalue weighted by atomic mass is 10.0. The quantitative estimate of drug-likeness (QED) is 0.705. The molecule has 2 heterocycles. The largest absolute Gasteiger partial charge is 0.492 e. The first kappa shape index (κ1) is 18.9. The Labute approximate surface area is 159 Å². The number of pyridine rings is 1. The van der Waals surface area contributed by atoms with E-state index in [1.54, 1.807) is 6.20 Å². The van der Waals surface area contributed by atoms with Crippen LogP contribution in [-0.4, -0.2) is 61.0 Å². The number of carbonyl (C=O) groups is 1. The molecule has 0 saturated carbocycles. The van der Waals surface area contributed by atoms with Gasteiger partial charge in [-0.3, -0.25) is 9.78 Å². The summed E-state index contributed by atoms with van der Waals surface area (Å²) in [6, 6.07) is 8.08. The minimum atomic E-state index is 0.164. The van der Waals surface area contributed by atoms with Gasteiger partial charge in [-0.05, 0) is 43.6 Å². The van der Waals surface area contributed by atoms with Gasteiger partial charge in [-0.2, -0.15) is 5.26 Å². The van der Waals surface area contributed by atoms with Crippen molar-refractivity contribution in [2.24, 2.45) is 5.92 Å². The zero-order valence-corrected chi connectivity index (χ0v) is 15.8. The highest BCUT2D eigenvalue weighted by Gasteiger charge is 2.31. The van der Waals surface area contributed by atoms with Gasteiger partial charge < -0.3 is 14.5 Å². The van der Waals surface area contributed by atoms with Crippen molar-refractivity contribution in [3.63, 3.8) is 0 Å². The highest BCUT2D eigenvalue weighted by molar-refractivity contribution is 5.88. The maximum Gasteiger partial charge on any atom is 0.236 e. The van der Waals surface area contributed by atoms with Crippen LogP contribution in [0.4, 0.5) is 0 Å². The van der Waals surface area contributed by atoms with Gasteiger partial charge in [0.1, 0.15) is 5.75 Å². The molecule has 1 aliphatic rings. The highest BCUT2D eigenvalue weighted by Crippen LogP contribution is 2.28. The van der Waals surface area contributed by atoms with Crippen LogP contribution in [0, 0.1) is 17.2 Å². The lowest BCUT2D eigenvalue weighted by molar-refractivity contribution is -0.138. The third-order valence-electron chi connectivity index (χ3n) is 4.56. The number of rotatable bonds is 7. The molecule has 140 valence electrons. The Bertz CT molecular complexity index is 879. The Morgan fingerprint density at radius 1 is 1.44 bits per heavy atom. The first-order valence-electron chi connectivity index (χ1n) is 9.03. The second-order valence-corrected chi connectivity index (χ2v) is 7.14. The summed E-state index contributed by atoms with van der Waals surface area (Å²) >= 11 is 0. The summed E-state index contributed by atoms with van der Waals surface area (Å²) in [4.78, 5) is 20.0. The average molecular weight is 364 g/mol. The molecule has 6 nitrogen and oxygen atoms in total. The van der Waals surface area contributed by atoms with E-state index in [4.69, 9.17) is 10.00 Å². The Hall–Kier alpha value is -2.91. The molecule has 1 aromatic carbocycles. The molecule has 0 unspecified atom stereocenters. The van der Waals surface area contributed by atoms with Gasteiger partial charge in [-0.25, -0.2) is 0 Å². The van der Waals surface area contributed by atoms with Gasteiger partial charge in [0.15, 0.2) is 0 Å². The van der Waals surface area contributed by atoms with Gasteiger partial charge in [-0.15, -0.1) is 0 Å². The van der Waals surface area contributed by atoms with Crippen LogP contribution in [0.1, 0.15) is 5.56 Å². The molecular weight excluding hydrogens is 340 g/mol. The van der Waals surface area contributed by atoms with Crippen molar-refractivity contribution in [3.8, 4) is 11.8 Å². The maximum absolute atomic E-state index is 12.0. The number of benzene rings is 1. The van der Waals surface area contributed by atoms with Crippen molar-refractivity contribution < 1.29 is 9.53 Å². The van der Waals surface area contributed by atoms with E-state index in [9.17, 15) is 4.79 Å². The number of amides is 1. The number of ether oxygens (including phenoxy) is 1. The van der Waals surface area contributed by atoms with Crippen molar-refractivity contribution in [2.75, 3.05) is 40.3 Å². The third-order valence-corrected chi connectivity index (χ3v) is 4.56. The average Bonchev–Trinajstić information content (AvgIpc) is 2.60. The summed E-state index contributed by atoms with van der Waals surface area (Å²) in [5.74, 6) is 1.32. The molecule has 0 radical (unpaired) electrons. The van der Waals surface area contributed by atoms with Crippen molar-refractivity contribution in [1.29, 1.82) is 5.26 Å². The van der Waals surface area contributed by atoms with Crippen LogP contribution in [0.15, 0.2) is 42.7 Å². The molecule has 27 heavy (non-hydrogen) atoms. The smallest absolute Gasteiger partial charge is 0.236 e. The van der Waals surface area contributed by atoms with Gasteiger partial charge in [0.25, 0.3) is 0 Å². The summed E-state index contributed by atoms with van der Waals surface area (Å²) in [6.45, 7) is 2.51. The number of allylic oxidation sites excluding steroid dienone is 2. The zero-order chi connectivity index (χ0) is 19.2. The molecule has 0 spiro atoms. The highest BCUT2D eigenvalue weighted by atomic mass is 16.5. The minimum absolute atomic E-state index is 0.164. The molecule has 1 aliphatic heterocycles. The minimum Gasteiger partial charge on any atom is -0.492 e.